The summed E-state index contributed by atoms with van der Waals surface area (Å²) < 4.78 is 0. The first-order chi connectivity index (χ1) is 15.1. The molecule has 3 nitrogen and oxygen atoms in total. The van der Waals surface area contributed by atoms with Gasteiger partial charge in [-0.25, -0.2) is 0 Å². The first-order valence-electron chi connectivity index (χ1n) is 13.8. The number of carboxylic acid groups (broad SMARTS) is 1. The van der Waals surface area contributed by atoms with Crippen LogP contribution in [0.3, 0.4) is 0 Å². The lowest BCUT2D eigenvalue weighted by atomic mass is 9.33. The molecule has 0 radical (unpaired) electrons. The molecule has 5 rings (SSSR count). The topological polar surface area (TPSA) is 57.5 Å². The molecule has 186 valence electrons. The minimum absolute atomic E-state index is 0.0301. The Morgan fingerprint density at radius 1 is 0.879 bits per heavy atom. The predicted octanol–water partition coefficient (Wildman–Crippen LogP) is 7.23. The lowest BCUT2D eigenvalue weighted by Crippen LogP contribution is -2.65. The van der Waals surface area contributed by atoms with E-state index in [9.17, 15) is 15.0 Å². The minimum atomic E-state index is -0.553. The van der Waals surface area contributed by atoms with Crippen LogP contribution in [-0.4, -0.2) is 22.3 Å². The van der Waals surface area contributed by atoms with Gasteiger partial charge in [0.1, 0.15) is 0 Å². The highest BCUT2D eigenvalue weighted by Gasteiger charge is 2.69. The number of aliphatic hydroxyl groups is 1. The van der Waals surface area contributed by atoms with Crippen LogP contribution in [0.2, 0.25) is 0 Å². The highest BCUT2D eigenvalue weighted by Crippen LogP contribution is 2.75. The average molecular weight is 457 g/mol. The number of hydrogen-bond donors (Lipinski definition) is 2. The molecule has 2 N–H and O–H groups in total. The number of hydrogen-bond acceptors (Lipinski definition) is 2. The highest BCUT2D eigenvalue weighted by molar-refractivity contribution is 5.76. The number of carboxylic acids is 1. The summed E-state index contributed by atoms with van der Waals surface area (Å²) in [5.41, 5.74) is 1.68. The molecule has 8 atom stereocenters. The molecule has 3 heteroatoms. The van der Waals surface area contributed by atoms with Gasteiger partial charge in [0, 0.05) is 0 Å². The van der Waals surface area contributed by atoms with Gasteiger partial charge in [-0.2, -0.15) is 0 Å². The monoisotopic (exact) mass is 456 g/mol. The summed E-state index contributed by atoms with van der Waals surface area (Å²) in [6.45, 7) is 16.9. The van der Waals surface area contributed by atoms with Gasteiger partial charge in [0.05, 0.1) is 11.5 Å². The summed E-state index contributed by atoms with van der Waals surface area (Å²) in [7, 11) is 0. The predicted molar refractivity (Wildman–Crippen MR) is 133 cm³/mol. The number of aliphatic hydroxyl groups excluding tert-OH is 1. The van der Waals surface area contributed by atoms with Crippen LogP contribution in [0.1, 0.15) is 113 Å². The largest absolute Gasteiger partial charge is 0.481 e. The van der Waals surface area contributed by atoms with Gasteiger partial charge in [0.25, 0.3) is 0 Å². The average Bonchev–Trinajstić information content (AvgIpc) is 2.71. The third-order valence-electron chi connectivity index (χ3n) is 13.0. The molecule has 5 aliphatic carbocycles. The third-order valence-corrected chi connectivity index (χ3v) is 13.0. The van der Waals surface area contributed by atoms with E-state index >= 15 is 0 Å². The van der Waals surface area contributed by atoms with Gasteiger partial charge in [-0.1, -0.05) is 60.1 Å². The quantitative estimate of drug-likeness (QED) is 0.409. The summed E-state index contributed by atoms with van der Waals surface area (Å²) in [5, 5.41) is 21.4. The fraction of sp³-hybridized carbons (Fsp3) is 0.900. The van der Waals surface area contributed by atoms with Crippen molar-refractivity contribution >= 4 is 5.97 Å². The third kappa shape index (κ3) is 2.87. The van der Waals surface area contributed by atoms with Gasteiger partial charge >= 0.3 is 5.97 Å². The number of fused-ring (bicyclic) bond motifs is 7. The number of carbonyl (C=O) groups is 1. The van der Waals surface area contributed by atoms with Crippen molar-refractivity contribution in [1.82, 2.24) is 0 Å². The molecule has 0 heterocycles. The van der Waals surface area contributed by atoms with Crippen molar-refractivity contribution < 1.29 is 15.0 Å². The minimum Gasteiger partial charge on any atom is -0.481 e. The van der Waals surface area contributed by atoms with E-state index in [2.05, 4.69) is 54.5 Å². The Balaban J connectivity index is 1.60. The Bertz CT molecular complexity index is 885. The standard InChI is InChI=1S/C30H48O3/c1-25(2)14-16-30(24(32)33)17-15-28(6)19(20(30)18-25)8-9-22-27(5)12-11-23(31)26(3,4)21(27)10-13-29(22,28)7/h8,20-23,31H,9-18H2,1-7H3,(H,32,33)/t20-,21?,22?,23-,27-,28?,29+,30-/m0/s1. The Hall–Kier alpha value is -0.830. The van der Waals surface area contributed by atoms with Crippen LogP contribution in [0.4, 0.5) is 0 Å². The molecule has 0 spiro atoms. The smallest absolute Gasteiger partial charge is 0.310 e. The second kappa shape index (κ2) is 6.89. The van der Waals surface area contributed by atoms with Crippen molar-refractivity contribution in [3.05, 3.63) is 11.6 Å². The normalized spacial score (nSPS) is 52.4. The van der Waals surface area contributed by atoms with Crippen molar-refractivity contribution in [3.63, 3.8) is 0 Å². The van der Waals surface area contributed by atoms with Crippen LogP contribution >= 0.6 is 0 Å². The highest BCUT2D eigenvalue weighted by atomic mass is 16.4. The summed E-state index contributed by atoms with van der Waals surface area (Å²) >= 11 is 0. The molecular formula is C30H48O3. The van der Waals surface area contributed by atoms with Gasteiger partial charge < -0.3 is 10.2 Å². The molecule has 4 saturated carbocycles. The lowest BCUT2D eigenvalue weighted by Gasteiger charge is -2.71. The molecule has 5 aliphatic rings. The molecule has 3 unspecified atom stereocenters. The zero-order valence-corrected chi connectivity index (χ0v) is 22.3. The molecular weight excluding hydrogens is 408 g/mol. The molecule has 0 saturated heterocycles. The van der Waals surface area contributed by atoms with E-state index in [4.69, 9.17) is 0 Å². The molecule has 0 aromatic carbocycles. The van der Waals surface area contributed by atoms with E-state index in [1.165, 1.54) is 18.4 Å². The molecule has 0 aromatic heterocycles. The van der Waals surface area contributed by atoms with Crippen molar-refractivity contribution in [2.45, 2.75) is 119 Å². The maximum absolute atomic E-state index is 12.8. The molecule has 0 amide bonds. The van der Waals surface area contributed by atoms with E-state index in [0.29, 0.717) is 11.8 Å². The Morgan fingerprint density at radius 3 is 2.21 bits per heavy atom. The number of rotatable bonds is 1. The number of allylic oxidation sites excluding steroid dienone is 2. The van der Waals surface area contributed by atoms with E-state index in [1.807, 2.05) is 0 Å². The van der Waals surface area contributed by atoms with Crippen molar-refractivity contribution in [3.8, 4) is 0 Å². The zero-order chi connectivity index (χ0) is 24.2. The maximum Gasteiger partial charge on any atom is 0.310 e. The summed E-state index contributed by atoms with van der Waals surface area (Å²) in [6.07, 6.45) is 12.6. The fourth-order valence-electron chi connectivity index (χ4n) is 10.6. The SMILES string of the molecule is CC1(C)CC[C@]2(C(=O)O)CCC3(C)C(=CCC4[C@@]5(C)CC[C@H](O)C(C)(C)C5CC[C@]43C)[C@@H]2C1. The van der Waals surface area contributed by atoms with E-state index in [1.54, 1.807) is 0 Å². The first-order valence-corrected chi connectivity index (χ1v) is 13.8. The van der Waals surface area contributed by atoms with Crippen LogP contribution in [0.25, 0.3) is 0 Å². The number of aliphatic carboxylic acids is 1. The van der Waals surface area contributed by atoms with Crippen LogP contribution in [0.15, 0.2) is 11.6 Å². The molecule has 0 bridgehead atoms. The van der Waals surface area contributed by atoms with Crippen LogP contribution in [-0.2, 0) is 4.79 Å². The second-order valence-electron chi connectivity index (χ2n) is 15.1. The Morgan fingerprint density at radius 2 is 1.55 bits per heavy atom. The Labute approximate surface area is 201 Å². The van der Waals surface area contributed by atoms with Crippen LogP contribution in [0, 0.1) is 50.2 Å². The zero-order valence-electron chi connectivity index (χ0n) is 22.3. The van der Waals surface area contributed by atoms with Crippen molar-refractivity contribution in [2.24, 2.45) is 50.2 Å². The summed E-state index contributed by atoms with van der Waals surface area (Å²) in [6, 6.07) is 0. The second-order valence-corrected chi connectivity index (χ2v) is 15.1. The fourth-order valence-corrected chi connectivity index (χ4v) is 10.6. The molecule has 0 aliphatic heterocycles. The van der Waals surface area contributed by atoms with E-state index in [0.717, 1.165) is 51.4 Å². The van der Waals surface area contributed by atoms with Crippen molar-refractivity contribution in [1.29, 1.82) is 0 Å². The van der Waals surface area contributed by atoms with E-state index < -0.39 is 11.4 Å². The van der Waals surface area contributed by atoms with Gasteiger partial charge in [0.2, 0.25) is 0 Å². The first kappa shape index (κ1) is 23.9. The summed E-state index contributed by atoms with van der Waals surface area (Å²) in [4.78, 5) is 12.8. The van der Waals surface area contributed by atoms with Gasteiger partial charge in [-0.3, -0.25) is 4.79 Å². The maximum atomic E-state index is 12.8. The lowest BCUT2D eigenvalue weighted by molar-refractivity contribution is -0.205. The molecule has 0 aromatic rings. The molecule has 33 heavy (non-hydrogen) atoms. The van der Waals surface area contributed by atoms with Crippen molar-refractivity contribution in [2.75, 3.05) is 0 Å². The van der Waals surface area contributed by atoms with Gasteiger partial charge in [0.15, 0.2) is 0 Å². The van der Waals surface area contributed by atoms with Crippen LogP contribution < -0.4 is 0 Å². The van der Waals surface area contributed by atoms with Gasteiger partial charge in [-0.15, -0.1) is 0 Å². The Kier molecular flexibility index (Phi) is 4.99. The van der Waals surface area contributed by atoms with E-state index in [-0.39, 0.29) is 39.1 Å². The van der Waals surface area contributed by atoms with Crippen LogP contribution in [0.5, 0.6) is 0 Å². The molecule has 4 fully saturated rings. The van der Waals surface area contributed by atoms with Gasteiger partial charge in [-0.05, 0) is 109 Å². The summed E-state index contributed by atoms with van der Waals surface area (Å²) in [5.74, 6) is 0.807.